The molecule has 4 N–H and O–H groups in total. The van der Waals surface area contributed by atoms with E-state index in [2.05, 4.69) is 20.7 Å². The third-order valence-electron chi connectivity index (χ3n) is 5.66. The van der Waals surface area contributed by atoms with Gasteiger partial charge >= 0.3 is 0 Å². The third kappa shape index (κ3) is 3.45. The topological polar surface area (TPSA) is 91.8 Å². The number of nitro groups is 1. The van der Waals surface area contributed by atoms with Gasteiger partial charge in [0, 0.05) is 30.5 Å². The highest BCUT2D eigenvalue weighted by atomic mass is 16.6. The van der Waals surface area contributed by atoms with Gasteiger partial charge in [0.1, 0.15) is 12.2 Å². The van der Waals surface area contributed by atoms with E-state index in [0.717, 1.165) is 38.4 Å². The molecule has 5 rings (SSSR count). The van der Waals surface area contributed by atoms with E-state index >= 15 is 0 Å². The van der Waals surface area contributed by atoms with Crippen molar-refractivity contribution in [1.29, 1.82) is 0 Å². The van der Waals surface area contributed by atoms with Crippen LogP contribution in [0.15, 0.2) is 23.3 Å². The van der Waals surface area contributed by atoms with E-state index in [1.807, 2.05) is 12.1 Å². The van der Waals surface area contributed by atoms with Gasteiger partial charge in [-0.3, -0.25) is 15.5 Å². The van der Waals surface area contributed by atoms with Crippen LogP contribution in [0.25, 0.3) is 0 Å². The van der Waals surface area contributed by atoms with Gasteiger partial charge in [-0.25, -0.2) is 0 Å². The fraction of sp³-hybridized carbons (Fsp3) is 0.588. The lowest BCUT2D eigenvalue weighted by molar-refractivity contribution is -0.902. The summed E-state index contributed by atoms with van der Waals surface area (Å²) in [7, 11) is 0. The van der Waals surface area contributed by atoms with Crippen LogP contribution in [-0.4, -0.2) is 56.4 Å². The summed E-state index contributed by atoms with van der Waals surface area (Å²) in [4.78, 5) is 14.9. The second-order valence-corrected chi connectivity index (χ2v) is 7.23. The minimum absolute atomic E-state index is 0.0882. The lowest BCUT2D eigenvalue weighted by Crippen LogP contribution is -3.16. The minimum atomic E-state index is -0.335. The minimum Gasteiger partial charge on any atom is -0.360 e. The summed E-state index contributed by atoms with van der Waals surface area (Å²) in [5.41, 5.74) is 5.81. The van der Waals surface area contributed by atoms with Crippen LogP contribution < -0.4 is 20.5 Å². The number of benzene rings is 1. The van der Waals surface area contributed by atoms with Crippen LogP contribution in [0.4, 0.5) is 17.1 Å². The number of hydrogen-bond acceptors (Lipinski definition) is 5. The van der Waals surface area contributed by atoms with Crippen LogP contribution in [0, 0.1) is 16.0 Å². The summed E-state index contributed by atoms with van der Waals surface area (Å²) in [5.74, 6) is 0.546. The Bertz CT molecular complexity index is 678. The SMILES string of the molecule is O=[N+]([O-])c1ccc(N2CC[NH2+]CC2)cc1N/N=C1/C[NH+]2CCC1CC2. The molecule has 2 bridgehead atoms. The molecule has 0 radical (unpaired) electrons. The van der Waals surface area contributed by atoms with Crippen molar-refractivity contribution >= 4 is 22.8 Å². The predicted molar refractivity (Wildman–Crippen MR) is 96.3 cm³/mol. The van der Waals surface area contributed by atoms with Gasteiger partial charge in [-0.2, -0.15) is 5.10 Å². The van der Waals surface area contributed by atoms with E-state index in [1.165, 1.54) is 31.6 Å². The van der Waals surface area contributed by atoms with E-state index < -0.39 is 0 Å². The van der Waals surface area contributed by atoms with Crippen LogP contribution in [0.3, 0.4) is 0 Å². The maximum Gasteiger partial charge on any atom is 0.294 e. The Hall–Kier alpha value is -2.19. The van der Waals surface area contributed by atoms with Gasteiger partial charge in [0.25, 0.3) is 5.69 Å². The molecule has 4 aliphatic rings. The number of fused-ring (bicyclic) bond motifs is 3. The Morgan fingerprint density at radius 1 is 1.28 bits per heavy atom. The molecule has 25 heavy (non-hydrogen) atoms. The molecule has 4 aliphatic heterocycles. The number of piperazine rings is 1. The van der Waals surface area contributed by atoms with Gasteiger partial charge in [-0.1, -0.05) is 0 Å². The van der Waals surface area contributed by atoms with Gasteiger partial charge < -0.3 is 15.1 Å². The van der Waals surface area contributed by atoms with Gasteiger partial charge in [0.2, 0.25) is 0 Å². The summed E-state index contributed by atoms with van der Waals surface area (Å²) in [6.45, 7) is 7.46. The number of quaternary nitrogens is 2. The highest BCUT2D eigenvalue weighted by Crippen LogP contribution is 2.30. The summed E-state index contributed by atoms with van der Waals surface area (Å²) in [6.07, 6.45) is 2.37. The monoisotopic (exact) mass is 346 g/mol. The zero-order valence-corrected chi connectivity index (χ0v) is 14.4. The molecular formula is C17H26N6O2+2. The smallest absolute Gasteiger partial charge is 0.294 e. The quantitative estimate of drug-likeness (QED) is 0.484. The molecule has 0 aromatic heterocycles. The van der Waals surface area contributed by atoms with Crippen LogP contribution >= 0.6 is 0 Å². The molecule has 8 heteroatoms. The van der Waals surface area contributed by atoms with Crippen LogP contribution in [-0.2, 0) is 0 Å². The summed E-state index contributed by atoms with van der Waals surface area (Å²) in [6, 6.07) is 5.32. The first-order valence-corrected chi connectivity index (χ1v) is 9.22. The first-order chi connectivity index (χ1) is 12.2. The Morgan fingerprint density at radius 2 is 2.04 bits per heavy atom. The number of hydrazone groups is 1. The molecule has 0 atom stereocenters. The number of piperidine rings is 3. The number of nitrogens with one attached hydrogen (secondary N) is 2. The fourth-order valence-electron chi connectivity index (χ4n) is 4.18. The maximum absolute atomic E-state index is 11.4. The largest absolute Gasteiger partial charge is 0.360 e. The first kappa shape index (κ1) is 16.3. The molecule has 8 nitrogen and oxygen atoms in total. The third-order valence-corrected chi connectivity index (χ3v) is 5.66. The number of rotatable bonds is 4. The highest BCUT2D eigenvalue weighted by Gasteiger charge is 2.34. The molecule has 1 aromatic carbocycles. The molecule has 134 valence electrons. The lowest BCUT2D eigenvalue weighted by atomic mass is 9.87. The van der Waals surface area contributed by atoms with E-state index in [9.17, 15) is 10.1 Å². The van der Waals surface area contributed by atoms with Crippen LogP contribution in [0.1, 0.15) is 12.8 Å². The molecule has 1 aromatic rings. The van der Waals surface area contributed by atoms with E-state index in [1.54, 1.807) is 11.0 Å². The number of anilines is 2. The van der Waals surface area contributed by atoms with Crippen LogP contribution in [0.2, 0.25) is 0 Å². The lowest BCUT2D eigenvalue weighted by Gasteiger charge is -2.36. The van der Waals surface area contributed by atoms with Crippen molar-refractivity contribution in [2.45, 2.75) is 12.8 Å². The zero-order valence-electron chi connectivity index (χ0n) is 14.4. The molecule has 0 aliphatic carbocycles. The molecule has 0 saturated carbocycles. The summed E-state index contributed by atoms with van der Waals surface area (Å²) < 4.78 is 0. The van der Waals surface area contributed by atoms with Crippen molar-refractivity contribution in [2.75, 3.05) is 56.1 Å². The van der Waals surface area contributed by atoms with E-state index in [-0.39, 0.29) is 10.6 Å². The second-order valence-electron chi connectivity index (χ2n) is 7.23. The summed E-state index contributed by atoms with van der Waals surface area (Å²) in [5, 5.41) is 18.3. The van der Waals surface area contributed by atoms with Gasteiger partial charge in [-0.05, 0) is 12.1 Å². The zero-order chi connectivity index (χ0) is 17.2. The Labute approximate surface area is 147 Å². The van der Waals surface area contributed by atoms with Crippen molar-refractivity contribution in [3.05, 3.63) is 28.3 Å². The second kappa shape index (κ2) is 6.97. The molecule has 0 spiro atoms. The highest BCUT2D eigenvalue weighted by molar-refractivity contribution is 5.89. The Morgan fingerprint density at radius 3 is 2.68 bits per heavy atom. The number of nitrogens with two attached hydrogens (primary N) is 1. The standard InChI is InChI=1S/C17H24N6O2/c24-23(25)17-2-1-14(22-9-5-18-6-10-22)11-15(17)19-20-16-12-21-7-3-13(16)4-8-21/h1-2,11,13,18-19H,3-10,12H2/p+2/b20-16-. The average Bonchev–Trinajstić information content (AvgIpc) is 2.67. The fourth-order valence-corrected chi connectivity index (χ4v) is 4.18. The van der Waals surface area contributed by atoms with Gasteiger partial charge in [0.15, 0.2) is 0 Å². The molecule has 0 unspecified atom stereocenters. The number of nitro benzene ring substituents is 1. The number of nitrogens with zero attached hydrogens (tertiary/aromatic N) is 3. The molecule has 4 saturated heterocycles. The molecule has 4 heterocycles. The van der Waals surface area contributed by atoms with Crippen molar-refractivity contribution in [3.8, 4) is 0 Å². The van der Waals surface area contributed by atoms with Crippen molar-refractivity contribution in [1.82, 2.24) is 0 Å². The van der Waals surface area contributed by atoms with Gasteiger partial charge in [-0.15, -0.1) is 0 Å². The first-order valence-electron chi connectivity index (χ1n) is 9.22. The van der Waals surface area contributed by atoms with Crippen molar-refractivity contribution in [3.63, 3.8) is 0 Å². The molecule has 4 fully saturated rings. The molecular weight excluding hydrogens is 320 g/mol. The van der Waals surface area contributed by atoms with Gasteiger partial charge in [0.05, 0.1) is 49.9 Å². The van der Waals surface area contributed by atoms with Crippen LogP contribution in [0.5, 0.6) is 0 Å². The van der Waals surface area contributed by atoms with Crippen molar-refractivity contribution < 1.29 is 15.1 Å². The molecule has 0 amide bonds. The Balaban J connectivity index is 1.57. The summed E-state index contributed by atoms with van der Waals surface area (Å²) >= 11 is 0. The maximum atomic E-state index is 11.4. The average molecular weight is 346 g/mol. The number of hydrogen-bond donors (Lipinski definition) is 3. The van der Waals surface area contributed by atoms with Crippen molar-refractivity contribution in [2.24, 2.45) is 11.0 Å². The van der Waals surface area contributed by atoms with E-state index in [0.29, 0.717) is 11.6 Å². The predicted octanol–water partition coefficient (Wildman–Crippen LogP) is -0.945. The normalized spacial score (nSPS) is 27.5. The van der Waals surface area contributed by atoms with E-state index in [4.69, 9.17) is 0 Å². The Kier molecular flexibility index (Phi) is 4.54.